The van der Waals surface area contributed by atoms with E-state index in [0.29, 0.717) is 24.3 Å². The Morgan fingerprint density at radius 2 is 2.19 bits per heavy atom. The van der Waals surface area contributed by atoms with Gasteiger partial charge in [0.1, 0.15) is 0 Å². The van der Waals surface area contributed by atoms with Gasteiger partial charge in [-0.2, -0.15) is 5.10 Å². The van der Waals surface area contributed by atoms with Gasteiger partial charge in [0.15, 0.2) is 5.82 Å². The number of carboxylic acid groups (broad SMARTS) is 1. The number of aromatic nitrogens is 3. The monoisotopic (exact) mass is 286 g/mol. The maximum Gasteiger partial charge on any atom is 0.308 e. The van der Waals surface area contributed by atoms with Crippen LogP contribution in [0.4, 0.5) is 0 Å². The van der Waals surface area contributed by atoms with E-state index in [2.05, 4.69) is 10.1 Å². The Hall–Kier alpha value is -2.70. The van der Waals surface area contributed by atoms with E-state index in [1.54, 1.807) is 46.4 Å². The van der Waals surface area contributed by atoms with Crippen LogP contribution >= 0.6 is 0 Å². The average molecular weight is 286 g/mol. The molecule has 7 nitrogen and oxygen atoms in total. The van der Waals surface area contributed by atoms with Crippen molar-refractivity contribution in [3.8, 4) is 5.82 Å². The van der Waals surface area contributed by atoms with Gasteiger partial charge < -0.3 is 10.0 Å². The molecule has 0 spiro atoms. The van der Waals surface area contributed by atoms with Crippen molar-refractivity contribution in [1.29, 1.82) is 0 Å². The molecule has 1 N–H and O–H groups in total. The smallest absolute Gasteiger partial charge is 0.308 e. The van der Waals surface area contributed by atoms with Crippen LogP contribution < -0.4 is 0 Å². The second-order valence-electron chi connectivity index (χ2n) is 4.93. The van der Waals surface area contributed by atoms with Gasteiger partial charge in [-0.05, 0) is 24.6 Å². The zero-order chi connectivity index (χ0) is 14.8. The Morgan fingerprint density at radius 1 is 1.33 bits per heavy atom. The largest absolute Gasteiger partial charge is 0.481 e. The number of likely N-dealkylation sites (tertiary alicyclic amines) is 1. The van der Waals surface area contributed by atoms with E-state index in [-0.39, 0.29) is 12.5 Å². The first-order chi connectivity index (χ1) is 10.1. The van der Waals surface area contributed by atoms with E-state index in [9.17, 15) is 9.59 Å². The van der Waals surface area contributed by atoms with Crippen LogP contribution in [-0.2, 0) is 4.79 Å². The zero-order valence-electron chi connectivity index (χ0n) is 11.2. The number of pyridine rings is 1. The lowest BCUT2D eigenvalue weighted by atomic mass is 10.1. The van der Waals surface area contributed by atoms with Crippen LogP contribution in [0.15, 0.2) is 36.8 Å². The molecule has 1 amide bonds. The van der Waals surface area contributed by atoms with Gasteiger partial charge in [-0.3, -0.25) is 9.59 Å². The van der Waals surface area contributed by atoms with Gasteiger partial charge in [0.2, 0.25) is 0 Å². The van der Waals surface area contributed by atoms with Crippen LogP contribution in [0, 0.1) is 5.92 Å². The highest BCUT2D eigenvalue weighted by atomic mass is 16.4. The summed E-state index contributed by atoms with van der Waals surface area (Å²) < 4.78 is 1.57. The molecule has 3 heterocycles. The fourth-order valence-corrected chi connectivity index (χ4v) is 2.41. The molecule has 1 aliphatic heterocycles. The minimum Gasteiger partial charge on any atom is -0.481 e. The minimum atomic E-state index is -0.850. The maximum absolute atomic E-state index is 12.4. The summed E-state index contributed by atoms with van der Waals surface area (Å²) in [7, 11) is 0. The molecule has 2 aromatic heterocycles. The Balaban J connectivity index is 1.80. The lowest BCUT2D eigenvalue weighted by Gasteiger charge is -2.16. The first kappa shape index (κ1) is 13.3. The number of nitrogens with zero attached hydrogens (tertiary/aromatic N) is 4. The average Bonchev–Trinajstić information content (AvgIpc) is 3.18. The predicted octanol–water partition coefficient (Wildman–Crippen LogP) is 0.814. The molecule has 7 heteroatoms. The van der Waals surface area contributed by atoms with Crippen LogP contribution in [0.25, 0.3) is 5.82 Å². The van der Waals surface area contributed by atoms with E-state index in [0.717, 1.165) is 0 Å². The Bertz CT molecular complexity index is 669. The second kappa shape index (κ2) is 5.35. The zero-order valence-corrected chi connectivity index (χ0v) is 11.2. The van der Waals surface area contributed by atoms with Gasteiger partial charge in [-0.15, -0.1) is 0 Å². The van der Waals surface area contributed by atoms with Crippen molar-refractivity contribution in [3.05, 3.63) is 42.4 Å². The van der Waals surface area contributed by atoms with Crippen molar-refractivity contribution in [2.24, 2.45) is 5.92 Å². The molecule has 1 atom stereocenters. The number of hydrogen-bond acceptors (Lipinski definition) is 4. The summed E-state index contributed by atoms with van der Waals surface area (Å²) in [6.45, 7) is 0.725. The molecule has 1 fully saturated rings. The molecule has 2 aromatic rings. The fraction of sp³-hybridized carbons (Fsp3) is 0.286. The summed E-state index contributed by atoms with van der Waals surface area (Å²) >= 11 is 0. The van der Waals surface area contributed by atoms with Gasteiger partial charge in [0, 0.05) is 37.2 Å². The Kier molecular flexibility index (Phi) is 3.39. The van der Waals surface area contributed by atoms with Gasteiger partial charge in [-0.1, -0.05) is 0 Å². The van der Waals surface area contributed by atoms with E-state index >= 15 is 0 Å². The first-order valence-corrected chi connectivity index (χ1v) is 6.63. The third kappa shape index (κ3) is 2.62. The van der Waals surface area contributed by atoms with Crippen molar-refractivity contribution in [3.63, 3.8) is 0 Å². The summed E-state index contributed by atoms with van der Waals surface area (Å²) in [5, 5.41) is 13.1. The highest BCUT2D eigenvalue weighted by molar-refractivity contribution is 5.95. The number of aliphatic carboxylic acids is 1. The molecular weight excluding hydrogens is 272 g/mol. The summed E-state index contributed by atoms with van der Waals surface area (Å²) in [5.41, 5.74) is 0.488. The Labute approximate surface area is 120 Å². The molecule has 0 aromatic carbocycles. The van der Waals surface area contributed by atoms with Gasteiger partial charge in [0.25, 0.3) is 5.91 Å². The number of amides is 1. The van der Waals surface area contributed by atoms with Crippen LogP contribution in [0.3, 0.4) is 0 Å². The third-order valence-corrected chi connectivity index (χ3v) is 3.56. The molecule has 1 aliphatic rings. The summed E-state index contributed by atoms with van der Waals surface area (Å²) in [5.74, 6) is -0.937. The van der Waals surface area contributed by atoms with Crippen LogP contribution in [0.1, 0.15) is 16.8 Å². The fourth-order valence-electron chi connectivity index (χ4n) is 2.41. The molecule has 0 bridgehead atoms. The molecule has 0 aliphatic carbocycles. The molecule has 1 saturated heterocycles. The van der Waals surface area contributed by atoms with E-state index in [1.807, 2.05) is 0 Å². The lowest BCUT2D eigenvalue weighted by Crippen LogP contribution is -2.30. The predicted molar refractivity (Wildman–Crippen MR) is 73.0 cm³/mol. The van der Waals surface area contributed by atoms with Crippen molar-refractivity contribution in [2.45, 2.75) is 6.42 Å². The molecular formula is C14H14N4O3. The minimum absolute atomic E-state index is 0.172. The van der Waals surface area contributed by atoms with Crippen molar-refractivity contribution in [1.82, 2.24) is 19.7 Å². The molecule has 21 heavy (non-hydrogen) atoms. The summed E-state index contributed by atoms with van der Waals surface area (Å²) in [6, 6.07) is 5.06. The number of hydrogen-bond donors (Lipinski definition) is 1. The van der Waals surface area contributed by atoms with E-state index in [1.165, 1.54) is 0 Å². The molecule has 3 rings (SSSR count). The molecule has 0 radical (unpaired) electrons. The molecule has 108 valence electrons. The number of carbonyl (C=O) groups excluding carboxylic acids is 1. The SMILES string of the molecule is O=C(O)C1CCN(C(=O)c2ccnc(-n3cccn3)c2)C1. The maximum atomic E-state index is 12.4. The van der Waals surface area contributed by atoms with Gasteiger partial charge >= 0.3 is 5.97 Å². The topological polar surface area (TPSA) is 88.3 Å². The highest BCUT2D eigenvalue weighted by Gasteiger charge is 2.31. The third-order valence-electron chi connectivity index (χ3n) is 3.56. The number of carbonyl (C=O) groups is 2. The Morgan fingerprint density at radius 3 is 2.86 bits per heavy atom. The van der Waals surface area contributed by atoms with Crippen molar-refractivity contribution in [2.75, 3.05) is 13.1 Å². The molecule has 0 saturated carbocycles. The quantitative estimate of drug-likeness (QED) is 0.902. The molecule has 1 unspecified atom stereocenters. The second-order valence-corrected chi connectivity index (χ2v) is 4.93. The summed E-state index contributed by atoms with van der Waals surface area (Å²) in [6.07, 6.45) is 5.42. The van der Waals surface area contributed by atoms with E-state index in [4.69, 9.17) is 5.11 Å². The lowest BCUT2D eigenvalue weighted by molar-refractivity contribution is -0.141. The normalized spacial score (nSPS) is 17.9. The van der Waals surface area contributed by atoms with E-state index < -0.39 is 11.9 Å². The van der Waals surface area contributed by atoms with Crippen LogP contribution in [-0.4, -0.2) is 49.7 Å². The highest BCUT2D eigenvalue weighted by Crippen LogP contribution is 2.19. The van der Waals surface area contributed by atoms with Crippen molar-refractivity contribution < 1.29 is 14.7 Å². The summed E-state index contributed by atoms with van der Waals surface area (Å²) in [4.78, 5) is 29.1. The number of carboxylic acids is 1. The van der Waals surface area contributed by atoms with Crippen molar-refractivity contribution >= 4 is 11.9 Å². The standard InChI is InChI=1S/C14H14N4O3/c19-13(17-7-3-11(9-17)14(20)21)10-2-5-15-12(8-10)18-6-1-4-16-18/h1-2,4-6,8,11H,3,7,9H2,(H,20,21). The van der Waals surface area contributed by atoms with Crippen LogP contribution in [0.2, 0.25) is 0 Å². The van der Waals surface area contributed by atoms with Gasteiger partial charge in [-0.25, -0.2) is 9.67 Å². The van der Waals surface area contributed by atoms with Gasteiger partial charge in [0.05, 0.1) is 5.92 Å². The first-order valence-electron chi connectivity index (χ1n) is 6.63. The van der Waals surface area contributed by atoms with Crippen LogP contribution in [0.5, 0.6) is 0 Å². The number of rotatable bonds is 3.